The van der Waals surface area contributed by atoms with Gasteiger partial charge in [-0.2, -0.15) is 0 Å². The highest BCUT2D eigenvalue weighted by atomic mass is 32.2. The van der Waals surface area contributed by atoms with E-state index < -0.39 is 5.60 Å². The molecule has 0 N–H and O–H groups in total. The van der Waals surface area contributed by atoms with Gasteiger partial charge in [0.2, 0.25) is 5.78 Å². The van der Waals surface area contributed by atoms with Crippen LogP contribution in [0.1, 0.15) is 46.6 Å². The molecule has 0 spiro atoms. The summed E-state index contributed by atoms with van der Waals surface area (Å²) >= 11 is 1.69. The monoisotopic (exact) mass is 370 g/mol. The van der Waals surface area contributed by atoms with E-state index in [0.29, 0.717) is 17.8 Å². The fourth-order valence-electron chi connectivity index (χ4n) is 2.65. The van der Waals surface area contributed by atoms with Crippen LogP contribution in [0.3, 0.4) is 0 Å². The number of ketones is 1. The molecule has 0 saturated heterocycles. The van der Waals surface area contributed by atoms with Gasteiger partial charge in [0.15, 0.2) is 5.60 Å². The normalized spacial score (nSPS) is 16.4. The summed E-state index contributed by atoms with van der Waals surface area (Å²) in [5, 5.41) is 0. The van der Waals surface area contributed by atoms with Crippen LogP contribution in [0.5, 0.6) is 0 Å². The van der Waals surface area contributed by atoms with Gasteiger partial charge in [-0.3, -0.25) is 4.79 Å². The smallest absolute Gasteiger partial charge is 0.209 e. The number of benzene rings is 1. The number of carbonyl (C=O) groups excluding carboxylic acids is 1. The summed E-state index contributed by atoms with van der Waals surface area (Å²) in [5.41, 5.74) is 1.77. The molecule has 1 aromatic rings. The zero-order valence-corrected chi connectivity index (χ0v) is 17.6. The fourth-order valence-corrected chi connectivity index (χ4v) is 3.06. The van der Waals surface area contributed by atoms with Gasteiger partial charge in [-0.15, -0.1) is 11.8 Å². The Hall–Kier alpha value is -2.00. The lowest BCUT2D eigenvalue weighted by Gasteiger charge is -2.18. The summed E-state index contributed by atoms with van der Waals surface area (Å²) in [6.45, 7) is 13.3. The average Bonchev–Trinajstić information content (AvgIpc) is 2.90. The number of Topliss-reactive ketones (excluding diaryl/α,β-unsaturated/α-hetero) is 1. The predicted octanol–water partition coefficient (Wildman–Crippen LogP) is 6.60. The number of ether oxygens (including phenoxy) is 1. The van der Waals surface area contributed by atoms with Crippen molar-refractivity contribution in [3.63, 3.8) is 0 Å². The van der Waals surface area contributed by atoms with E-state index in [1.807, 2.05) is 71.2 Å². The van der Waals surface area contributed by atoms with Crippen LogP contribution in [-0.4, -0.2) is 17.6 Å². The van der Waals surface area contributed by atoms with Crippen molar-refractivity contribution in [1.82, 2.24) is 0 Å². The number of hydrogen-bond acceptors (Lipinski definition) is 3. The first kappa shape index (κ1) is 22.0. The molecule has 0 amide bonds. The van der Waals surface area contributed by atoms with Crippen LogP contribution >= 0.6 is 11.8 Å². The first-order chi connectivity index (χ1) is 12.4. The second-order valence-corrected chi connectivity index (χ2v) is 6.94. The maximum absolute atomic E-state index is 12.9. The Kier molecular flexibility index (Phi) is 8.67. The van der Waals surface area contributed by atoms with Crippen molar-refractivity contribution >= 4 is 23.3 Å². The lowest BCUT2D eigenvalue weighted by Crippen LogP contribution is -2.29. The van der Waals surface area contributed by atoms with E-state index in [1.54, 1.807) is 17.8 Å². The standard InChI is InChI=1S/C21H24O2S.C2H6/c1-6-8-9-10-15(7-2)18-19(23-21(3,4)20(18)22)16-11-13-17(24-5)14-12-16;1-2/h6-9,11-14H,1,10H2,2-5H3;1-2H3/b9-8-,15-7+;. The van der Waals surface area contributed by atoms with E-state index in [0.717, 1.165) is 11.1 Å². The van der Waals surface area contributed by atoms with E-state index in [9.17, 15) is 4.79 Å². The maximum Gasteiger partial charge on any atom is 0.209 e. The minimum Gasteiger partial charge on any atom is -0.478 e. The average molecular weight is 371 g/mol. The van der Waals surface area contributed by atoms with E-state index in [1.165, 1.54) is 4.90 Å². The SMILES string of the molecule is C=C/C=C\C/C(=C\C)C1=C(c2ccc(SC)cc2)OC(C)(C)C1=O.CC. The third-order valence-electron chi connectivity index (χ3n) is 3.99. The first-order valence-corrected chi connectivity index (χ1v) is 10.2. The van der Waals surface area contributed by atoms with Crippen LogP contribution in [0.25, 0.3) is 5.76 Å². The third-order valence-corrected chi connectivity index (χ3v) is 4.73. The van der Waals surface area contributed by atoms with Crippen LogP contribution in [0.15, 0.2) is 71.2 Å². The van der Waals surface area contributed by atoms with Crippen molar-refractivity contribution < 1.29 is 9.53 Å². The molecular formula is C23H30O2S. The summed E-state index contributed by atoms with van der Waals surface area (Å²) in [4.78, 5) is 14.1. The molecule has 1 aliphatic rings. The van der Waals surface area contributed by atoms with Crippen LogP contribution in [0.4, 0.5) is 0 Å². The number of thioether (sulfide) groups is 1. The zero-order valence-electron chi connectivity index (χ0n) is 16.8. The quantitative estimate of drug-likeness (QED) is 0.417. The first-order valence-electron chi connectivity index (χ1n) is 9.00. The lowest BCUT2D eigenvalue weighted by molar-refractivity contribution is -0.126. The Balaban J connectivity index is 0.00000163. The number of carbonyl (C=O) groups is 1. The molecule has 0 radical (unpaired) electrons. The molecule has 1 aliphatic heterocycles. The molecule has 0 saturated carbocycles. The topological polar surface area (TPSA) is 26.3 Å². The molecule has 0 bridgehead atoms. The van der Waals surface area contributed by atoms with Crippen molar-refractivity contribution in [2.75, 3.05) is 6.26 Å². The molecule has 2 nitrogen and oxygen atoms in total. The van der Waals surface area contributed by atoms with Gasteiger partial charge in [-0.1, -0.05) is 56.9 Å². The van der Waals surface area contributed by atoms with Gasteiger partial charge in [0.05, 0.1) is 5.57 Å². The number of hydrogen-bond donors (Lipinski definition) is 0. The molecule has 1 aromatic carbocycles. The van der Waals surface area contributed by atoms with E-state index in [2.05, 4.69) is 18.7 Å². The number of allylic oxidation sites excluding steroid dienone is 5. The Bertz CT molecular complexity index is 719. The predicted molar refractivity (Wildman–Crippen MR) is 114 cm³/mol. The van der Waals surface area contributed by atoms with E-state index in [4.69, 9.17) is 4.74 Å². The lowest BCUT2D eigenvalue weighted by atomic mass is 9.90. The molecule has 3 heteroatoms. The van der Waals surface area contributed by atoms with Crippen molar-refractivity contribution in [3.8, 4) is 0 Å². The van der Waals surface area contributed by atoms with Gasteiger partial charge in [0.25, 0.3) is 0 Å². The Morgan fingerprint density at radius 3 is 2.35 bits per heavy atom. The van der Waals surface area contributed by atoms with Gasteiger partial charge < -0.3 is 4.74 Å². The minimum atomic E-state index is -0.834. The Morgan fingerprint density at radius 2 is 1.85 bits per heavy atom. The zero-order chi connectivity index (χ0) is 19.7. The largest absolute Gasteiger partial charge is 0.478 e. The summed E-state index contributed by atoms with van der Waals surface area (Å²) in [6.07, 6.45) is 10.3. The Morgan fingerprint density at radius 1 is 1.23 bits per heavy atom. The van der Waals surface area contributed by atoms with Gasteiger partial charge >= 0.3 is 0 Å². The highest BCUT2D eigenvalue weighted by molar-refractivity contribution is 7.98. The molecule has 0 fully saturated rings. The van der Waals surface area contributed by atoms with Crippen LogP contribution in [-0.2, 0) is 9.53 Å². The highest BCUT2D eigenvalue weighted by Gasteiger charge is 2.43. The van der Waals surface area contributed by atoms with Crippen LogP contribution in [0.2, 0.25) is 0 Å². The molecule has 0 aromatic heterocycles. The number of rotatable bonds is 6. The fraction of sp³-hybridized carbons (Fsp3) is 0.348. The Labute approximate surface area is 162 Å². The third kappa shape index (κ3) is 5.01. The second kappa shape index (κ2) is 10.2. The van der Waals surface area contributed by atoms with E-state index in [-0.39, 0.29) is 5.78 Å². The summed E-state index contributed by atoms with van der Waals surface area (Å²) < 4.78 is 6.06. The van der Waals surface area contributed by atoms with Crippen molar-refractivity contribution in [1.29, 1.82) is 0 Å². The van der Waals surface area contributed by atoms with E-state index >= 15 is 0 Å². The van der Waals surface area contributed by atoms with Gasteiger partial charge in [-0.05, 0) is 51.2 Å². The van der Waals surface area contributed by atoms with Crippen LogP contribution < -0.4 is 0 Å². The minimum absolute atomic E-state index is 0.0338. The summed E-state index contributed by atoms with van der Waals surface area (Å²) in [5.74, 6) is 0.712. The molecule has 140 valence electrons. The molecule has 0 atom stereocenters. The van der Waals surface area contributed by atoms with Crippen molar-refractivity contribution in [3.05, 3.63) is 71.9 Å². The highest BCUT2D eigenvalue weighted by Crippen LogP contribution is 2.40. The summed E-state index contributed by atoms with van der Waals surface area (Å²) in [6, 6.07) is 8.14. The van der Waals surface area contributed by atoms with Gasteiger partial charge in [-0.25, -0.2) is 0 Å². The molecule has 1 heterocycles. The second-order valence-electron chi connectivity index (χ2n) is 6.06. The molecule has 26 heavy (non-hydrogen) atoms. The van der Waals surface area contributed by atoms with Crippen molar-refractivity contribution in [2.24, 2.45) is 0 Å². The van der Waals surface area contributed by atoms with Gasteiger partial charge in [0, 0.05) is 10.5 Å². The maximum atomic E-state index is 12.9. The molecule has 0 aliphatic carbocycles. The van der Waals surface area contributed by atoms with Gasteiger partial charge in [0.1, 0.15) is 5.76 Å². The molecule has 0 unspecified atom stereocenters. The summed E-state index contributed by atoms with van der Waals surface area (Å²) in [7, 11) is 0. The van der Waals surface area contributed by atoms with Crippen LogP contribution in [0, 0.1) is 0 Å². The molecular weight excluding hydrogens is 340 g/mol. The van der Waals surface area contributed by atoms with Crippen molar-refractivity contribution in [2.45, 2.75) is 51.5 Å². The molecule has 2 rings (SSSR count).